The van der Waals surface area contributed by atoms with Crippen molar-refractivity contribution in [2.45, 2.75) is 20.8 Å². The van der Waals surface area contributed by atoms with Crippen molar-refractivity contribution < 1.29 is 0 Å². The molecule has 0 spiro atoms. The first-order valence-corrected chi connectivity index (χ1v) is 4.50. The smallest absolute Gasteiger partial charge is 0.177 e. The molecule has 0 radical (unpaired) electrons. The van der Waals surface area contributed by atoms with E-state index in [0.29, 0.717) is 5.82 Å². The Bertz CT molecular complexity index is 422. The lowest BCUT2D eigenvalue weighted by Crippen LogP contribution is -1.89. The van der Waals surface area contributed by atoms with E-state index >= 15 is 0 Å². The molecule has 72 valence electrons. The summed E-state index contributed by atoms with van der Waals surface area (Å²) in [7, 11) is 0. The van der Waals surface area contributed by atoms with E-state index in [2.05, 4.69) is 53.5 Å². The van der Waals surface area contributed by atoms with Crippen LogP contribution in [0, 0.1) is 20.8 Å². The summed E-state index contributed by atoms with van der Waals surface area (Å²) in [6.07, 6.45) is 0. The van der Waals surface area contributed by atoms with Crippen molar-refractivity contribution in [3.63, 3.8) is 0 Å². The zero-order chi connectivity index (χ0) is 10.1. The maximum Gasteiger partial charge on any atom is 0.204 e. The Morgan fingerprint density at radius 1 is 1.07 bits per heavy atom. The second kappa shape index (κ2) is 3.21. The van der Waals surface area contributed by atoms with Gasteiger partial charge in [-0.05, 0) is 54.8 Å². The number of benzene rings is 1. The van der Waals surface area contributed by atoms with Crippen molar-refractivity contribution in [1.82, 2.24) is 20.6 Å². The molecule has 4 heteroatoms. The van der Waals surface area contributed by atoms with E-state index in [0.717, 1.165) is 5.56 Å². The van der Waals surface area contributed by atoms with Gasteiger partial charge in [0.2, 0.25) is 5.82 Å². The van der Waals surface area contributed by atoms with Gasteiger partial charge in [0.25, 0.3) is 0 Å². The Balaban J connectivity index is 2.57. The highest BCUT2D eigenvalue weighted by Crippen LogP contribution is 2.21. The molecule has 1 N–H and O–H groups in total. The lowest BCUT2D eigenvalue weighted by molar-refractivity contribution is 0.881. The predicted molar refractivity (Wildman–Crippen MR) is 53.8 cm³/mol. The molecule has 4 nitrogen and oxygen atoms in total. The minimum atomic E-state index is 0.649. The number of aromatic amines is 1. The molecule has 0 saturated heterocycles. The number of rotatable bonds is 1. The van der Waals surface area contributed by atoms with Gasteiger partial charge in [0.05, 0.1) is 0 Å². The molecule has 0 atom stereocenters. The fourth-order valence-electron chi connectivity index (χ4n) is 1.45. The normalized spacial score (nSPS) is 10.5. The number of nitrogens with one attached hydrogen (secondary N) is 1. The maximum absolute atomic E-state index is 3.95. The molecule has 0 saturated carbocycles. The molecule has 0 fully saturated rings. The van der Waals surface area contributed by atoms with Gasteiger partial charge < -0.3 is 0 Å². The van der Waals surface area contributed by atoms with Gasteiger partial charge in [0.15, 0.2) is 0 Å². The molecule has 1 aromatic heterocycles. The molecule has 0 aliphatic heterocycles. The molecule has 0 bridgehead atoms. The molecule has 0 aliphatic rings. The minimum absolute atomic E-state index is 0.649. The summed E-state index contributed by atoms with van der Waals surface area (Å²) in [4.78, 5) is 0. The van der Waals surface area contributed by atoms with E-state index < -0.39 is 0 Å². The molecule has 0 unspecified atom stereocenters. The molecular weight excluding hydrogens is 176 g/mol. The largest absolute Gasteiger partial charge is 0.204 e. The third-order valence-electron chi connectivity index (χ3n) is 2.53. The molecule has 0 amide bonds. The average Bonchev–Trinajstić information content (AvgIpc) is 2.66. The quantitative estimate of drug-likeness (QED) is 0.742. The zero-order valence-electron chi connectivity index (χ0n) is 8.50. The van der Waals surface area contributed by atoms with Crippen molar-refractivity contribution in [2.24, 2.45) is 0 Å². The fraction of sp³-hybridized carbons (Fsp3) is 0.300. The summed E-state index contributed by atoms with van der Waals surface area (Å²) in [5, 5.41) is 13.9. The lowest BCUT2D eigenvalue weighted by atomic mass is 10.0. The third kappa shape index (κ3) is 1.39. The van der Waals surface area contributed by atoms with E-state index in [-0.39, 0.29) is 0 Å². The Morgan fingerprint density at radius 2 is 1.71 bits per heavy atom. The highest BCUT2D eigenvalue weighted by molar-refractivity contribution is 5.58. The molecule has 2 aromatic rings. The average molecular weight is 188 g/mol. The van der Waals surface area contributed by atoms with Crippen molar-refractivity contribution in [2.75, 3.05) is 0 Å². The molecule has 0 aliphatic carbocycles. The van der Waals surface area contributed by atoms with Crippen LogP contribution in [0.3, 0.4) is 0 Å². The van der Waals surface area contributed by atoms with Gasteiger partial charge in [-0.15, -0.1) is 10.2 Å². The van der Waals surface area contributed by atoms with Crippen LogP contribution in [0.25, 0.3) is 11.4 Å². The van der Waals surface area contributed by atoms with Crippen LogP contribution < -0.4 is 0 Å². The first-order valence-electron chi connectivity index (χ1n) is 4.50. The Kier molecular flexibility index (Phi) is 2.04. The number of hydrogen-bond acceptors (Lipinski definition) is 3. The summed E-state index contributed by atoms with van der Waals surface area (Å²) in [5.74, 6) is 0.649. The standard InChI is InChI=1S/C10H12N4/c1-6-4-9(5-7(2)8(6)3)10-11-13-14-12-10/h4-5H,1-3H3,(H,11,12,13,14). The first kappa shape index (κ1) is 8.87. The Hall–Kier alpha value is -1.71. The number of H-pyrrole nitrogens is 1. The second-order valence-electron chi connectivity index (χ2n) is 3.47. The molecule has 14 heavy (non-hydrogen) atoms. The van der Waals surface area contributed by atoms with Crippen molar-refractivity contribution >= 4 is 0 Å². The van der Waals surface area contributed by atoms with Gasteiger partial charge in [0, 0.05) is 5.56 Å². The van der Waals surface area contributed by atoms with Gasteiger partial charge in [-0.2, -0.15) is 5.21 Å². The topological polar surface area (TPSA) is 54.5 Å². The number of aryl methyl sites for hydroxylation is 2. The third-order valence-corrected chi connectivity index (χ3v) is 2.53. The van der Waals surface area contributed by atoms with Gasteiger partial charge in [-0.1, -0.05) is 0 Å². The number of tetrazole rings is 1. The van der Waals surface area contributed by atoms with Crippen LogP contribution in [0.4, 0.5) is 0 Å². The predicted octanol–water partition coefficient (Wildman–Crippen LogP) is 1.79. The van der Waals surface area contributed by atoms with Crippen LogP contribution in [0.15, 0.2) is 12.1 Å². The molecule has 2 rings (SSSR count). The van der Waals surface area contributed by atoms with Crippen molar-refractivity contribution in [3.05, 3.63) is 28.8 Å². The molecule has 1 heterocycles. The SMILES string of the molecule is Cc1cc(-c2nn[nH]n2)cc(C)c1C. The summed E-state index contributed by atoms with van der Waals surface area (Å²) >= 11 is 0. The maximum atomic E-state index is 3.95. The van der Waals surface area contributed by atoms with Gasteiger partial charge in [-0.25, -0.2) is 0 Å². The first-order chi connectivity index (χ1) is 6.68. The van der Waals surface area contributed by atoms with Crippen LogP contribution in [0.1, 0.15) is 16.7 Å². The number of aromatic nitrogens is 4. The summed E-state index contributed by atoms with van der Waals surface area (Å²) in [5.41, 5.74) is 4.84. The molecular formula is C10H12N4. The Labute approximate surface area is 82.4 Å². The highest BCUT2D eigenvalue weighted by Gasteiger charge is 2.06. The van der Waals surface area contributed by atoms with Crippen molar-refractivity contribution in [1.29, 1.82) is 0 Å². The summed E-state index contributed by atoms with van der Waals surface area (Å²) < 4.78 is 0. The van der Waals surface area contributed by atoms with E-state index in [1.54, 1.807) is 0 Å². The number of hydrogen-bond donors (Lipinski definition) is 1. The number of nitrogens with zero attached hydrogens (tertiary/aromatic N) is 3. The van der Waals surface area contributed by atoms with E-state index in [1.807, 2.05) is 0 Å². The Morgan fingerprint density at radius 3 is 2.21 bits per heavy atom. The van der Waals surface area contributed by atoms with Gasteiger partial charge in [-0.3, -0.25) is 0 Å². The van der Waals surface area contributed by atoms with E-state index in [9.17, 15) is 0 Å². The van der Waals surface area contributed by atoms with Crippen LogP contribution in [-0.2, 0) is 0 Å². The monoisotopic (exact) mass is 188 g/mol. The van der Waals surface area contributed by atoms with Crippen LogP contribution in [0.2, 0.25) is 0 Å². The van der Waals surface area contributed by atoms with E-state index in [1.165, 1.54) is 16.7 Å². The van der Waals surface area contributed by atoms with Crippen LogP contribution >= 0.6 is 0 Å². The van der Waals surface area contributed by atoms with Crippen LogP contribution in [-0.4, -0.2) is 20.6 Å². The fourth-order valence-corrected chi connectivity index (χ4v) is 1.45. The second-order valence-corrected chi connectivity index (χ2v) is 3.47. The minimum Gasteiger partial charge on any atom is -0.177 e. The van der Waals surface area contributed by atoms with Crippen molar-refractivity contribution in [3.8, 4) is 11.4 Å². The van der Waals surface area contributed by atoms with Gasteiger partial charge in [0.1, 0.15) is 0 Å². The van der Waals surface area contributed by atoms with Gasteiger partial charge >= 0.3 is 0 Å². The van der Waals surface area contributed by atoms with E-state index in [4.69, 9.17) is 0 Å². The molecule has 1 aromatic carbocycles. The highest BCUT2D eigenvalue weighted by atomic mass is 15.5. The summed E-state index contributed by atoms with van der Waals surface area (Å²) in [6, 6.07) is 4.15. The zero-order valence-corrected chi connectivity index (χ0v) is 8.50. The summed E-state index contributed by atoms with van der Waals surface area (Å²) in [6.45, 7) is 6.29. The lowest BCUT2D eigenvalue weighted by Gasteiger charge is -2.05. The van der Waals surface area contributed by atoms with Crippen LogP contribution in [0.5, 0.6) is 0 Å².